The van der Waals surface area contributed by atoms with Crippen molar-refractivity contribution >= 4 is 16.9 Å². The van der Waals surface area contributed by atoms with Gasteiger partial charge in [-0.05, 0) is 31.2 Å². The maximum Gasteiger partial charge on any atom is 0.326 e. The molecule has 1 atom stereocenters. The number of H-pyrrole nitrogens is 1. The first-order valence-corrected chi connectivity index (χ1v) is 9.50. The average molecular weight is 445 g/mol. The quantitative estimate of drug-likeness (QED) is 0.394. The maximum absolute atomic E-state index is 14.0. The Labute approximate surface area is 180 Å². The normalized spacial score (nSPS) is 12.1. The van der Waals surface area contributed by atoms with Crippen LogP contribution in [0.1, 0.15) is 6.92 Å². The zero-order valence-corrected chi connectivity index (χ0v) is 17.0. The van der Waals surface area contributed by atoms with E-state index < -0.39 is 23.6 Å². The molecule has 3 N–H and O–H groups in total. The van der Waals surface area contributed by atoms with Crippen LogP contribution in [0.2, 0.25) is 0 Å². The molecule has 0 amide bonds. The molecule has 2 heterocycles. The lowest BCUT2D eigenvalue weighted by Gasteiger charge is -2.12. The minimum Gasteiger partial charge on any atom is -0.496 e. The molecule has 2 aromatic carbocycles. The van der Waals surface area contributed by atoms with Gasteiger partial charge in [-0.3, -0.25) is 5.10 Å². The molecule has 166 valence electrons. The number of ether oxygens (including phenoxy) is 2. The average Bonchev–Trinajstić information content (AvgIpc) is 3.17. The van der Waals surface area contributed by atoms with Crippen molar-refractivity contribution in [1.82, 2.24) is 20.2 Å². The van der Waals surface area contributed by atoms with Crippen molar-refractivity contribution in [3.05, 3.63) is 53.8 Å². The van der Waals surface area contributed by atoms with Crippen LogP contribution in [-0.2, 0) is 0 Å². The third-order valence-corrected chi connectivity index (χ3v) is 4.49. The van der Waals surface area contributed by atoms with Crippen LogP contribution in [-0.4, -0.2) is 45.0 Å². The number of aromatic nitrogens is 4. The topological polar surface area (TPSA) is 105 Å². The predicted molar refractivity (Wildman–Crippen MR) is 110 cm³/mol. The summed E-state index contributed by atoms with van der Waals surface area (Å²) in [5.74, 6) is -1.95. The summed E-state index contributed by atoms with van der Waals surface area (Å²) in [6, 6.07) is 6.58. The van der Waals surface area contributed by atoms with Gasteiger partial charge in [-0.2, -0.15) is 15.1 Å². The molecule has 4 aromatic rings. The lowest BCUT2D eigenvalue weighted by molar-refractivity contribution is 0.208. The number of hydrogen-bond donors (Lipinski definition) is 3. The molecule has 0 bridgehead atoms. The predicted octanol–water partition coefficient (Wildman–Crippen LogP) is 4.03. The van der Waals surface area contributed by atoms with Gasteiger partial charge < -0.3 is 19.9 Å². The van der Waals surface area contributed by atoms with Gasteiger partial charge in [0.2, 0.25) is 0 Å². The molecule has 4 rings (SSSR count). The summed E-state index contributed by atoms with van der Waals surface area (Å²) in [6.45, 7) is 1.71. The van der Waals surface area contributed by atoms with Crippen LogP contribution < -0.4 is 14.8 Å². The number of nitrogens with zero attached hydrogens (tertiary/aromatic N) is 3. The molecule has 8 nitrogen and oxygen atoms in total. The zero-order valence-electron chi connectivity index (χ0n) is 17.0. The third kappa shape index (κ3) is 4.28. The Kier molecular flexibility index (Phi) is 5.82. The highest BCUT2D eigenvalue weighted by atomic mass is 19.1. The van der Waals surface area contributed by atoms with Crippen molar-refractivity contribution in [2.45, 2.75) is 13.0 Å². The number of anilines is 1. The molecule has 0 spiro atoms. The van der Waals surface area contributed by atoms with E-state index in [1.54, 1.807) is 6.92 Å². The van der Waals surface area contributed by atoms with E-state index in [4.69, 9.17) is 9.47 Å². The standard InChI is InChI=1S/C21H18F3N5O3/c1-10(30)9-25-19-17-18(13-5-3-12(23)8-16(13)31-2)28-29-20(17)27-21(26-19)32-15-6-4-11(22)7-14(15)24/h3-8,10,30H,9H2,1-2H3,(H2,25,26,27,28,29). The highest BCUT2D eigenvalue weighted by Gasteiger charge is 2.21. The lowest BCUT2D eigenvalue weighted by Crippen LogP contribution is -2.16. The van der Waals surface area contributed by atoms with E-state index in [0.717, 1.165) is 12.1 Å². The van der Waals surface area contributed by atoms with Gasteiger partial charge in [-0.1, -0.05) is 0 Å². The Bertz CT molecular complexity index is 1280. The second-order valence-electron chi connectivity index (χ2n) is 6.90. The van der Waals surface area contributed by atoms with Crippen LogP contribution >= 0.6 is 0 Å². The van der Waals surface area contributed by atoms with Gasteiger partial charge >= 0.3 is 6.01 Å². The highest BCUT2D eigenvalue weighted by Crippen LogP contribution is 2.37. The van der Waals surface area contributed by atoms with Crippen LogP contribution in [0.15, 0.2) is 36.4 Å². The van der Waals surface area contributed by atoms with Gasteiger partial charge in [0.05, 0.1) is 24.3 Å². The van der Waals surface area contributed by atoms with E-state index in [1.165, 1.54) is 25.3 Å². The number of aromatic amines is 1. The summed E-state index contributed by atoms with van der Waals surface area (Å²) in [4.78, 5) is 8.46. The minimum absolute atomic E-state index is 0.127. The van der Waals surface area contributed by atoms with Crippen molar-refractivity contribution < 1.29 is 27.8 Å². The molecule has 2 aromatic heterocycles. The lowest BCUT2D eigenvalue weighted by atomic mass is 10.1. The summed E-state index contributed by atoms with van der Waals surface area (Å²) >= 11 is 0. The fourth-order valence-electron chi connectivity index (χ4n) is 3.05. The van der Waals surface area contributed by atoms with Crippen molar-refractivity contribution in [1.29, 1.82) is 0 Å². The Morgan fingerprint density at radius 2 is 1.81 bits per heavy atom. The zero-order chi connectivity index (χ0) is 22.8. The molecule has 0 saturated carbocycles. The molecule has 32 heavy (non-hydrogen) atoms. The summed E-state index contributed by atoms with van der Waals surface area (Å²) in [5, 5.41) is 20.1. The molecule has 0 saturated heterocycles. The molecule has 1 unspecified atom stereocenters. The van der Waals surface area contributed by atoms with Gasteiger partial charge in [-0.15, -0.1) is 0 Å². The fraction of sp³-hybridized carbons (Fsp3) is 0.190. The summed E-state index contributed by atoms with van der Waals surface area (Å²) < 4.78 is 51.5. The molecule has 0 aliphatic heterocycles. The number of aliphatic hydroxyl groups excluding tert-OH is 1. The van der Waals surface area contributed by atoms with Gasteiger partial charge in [0, 0.05) is 24.2 Å². The number of nitrogens with one attached hydrogen (secondary N) is 2. The maximum atomic E-state index is 14.0. The first-order chi connectivity index (χ1) is 15.4. The van der Waals surface area contributed by atoms with Crippen LogP contribution in [0.5, 0.6) is 17.5 Å². The van der Waals surface area contributed by atoms with Crippen LogP contribution in [0.4, 0.5) is 19.0 Å². The van der Waals surface area contributed by atoms with Crippen molar-refractivity contribution in [3.63, 3.8) is 0 Å². The Balaban J connectivity index is 1.83. The number of benzene rings is 2. The Morgan fingerprint density at radius 1 is 1.06 bits per heavy atom. The molecule has 11 heteroatoms. The molecule has 0 fully saturated rings. The van der Waals surface area contributed by atoms with Crippen LogP contribution in [0.3, 0.4) is 0 Å². The number of hydrogen-bond acceptors (Lipinski definition) is 7. The van der Waals surface area contributed by atoms with E-state index in [-0.39, 0.29) is 35.5 Å². The fourth-order valence-corrected chi connectivity index (χ4v) is 3.05. The molecular formula is C21H18F3N5O3. The molecular weight excluding hydrogens is 427 g/mol. The number of methoxy groups -OCH3 is 1. The van der Waals surface area contributed by atoms with Crippen molar-refractivity contribution in [3.8, 4) is 28.8 Å². The summed E-state index contributed by atoms with van der Waals surface area (Å²) in [5.41, 5.74) is 1.09. The van der Waals surface area contributed by atoms with Gasteiger partial charge in [-0.25, -0.2) is 13.2 Å². The van der Waals surface area contributed by atoms with E-state index >= 15 is 0 Å². The smallest absolute Gasteiger partial charge is 0.326 e. The summed E-state index contributed by atoms with van der Waals surface area (Å²) in [6.07, 6.45) is -0.713. The van der Waals surface area contributed by atoms with Crippen molar-refractivity contribution in [2.75, 3.05) is 19.0 Å². The second-order valence-corrected chi connectivity index (χ2v) is 6.90. The van der Waals surface area contributed by atoms with E-state index in [1.807, 2.05) is 0 Å². The molecule has 0 aliphatic rings. The van der Waals surface area contributed by atoms with E-state index in [0.29, 0.717) is 22.7 Å². The molecule has 0 aliphatic carbocycles. The first-order valence-electron chi connectivity index (χ1n) is 9.50. The van der Waals surface area contributed by atoms with Crippen LogP contribution in [0.25, 0.3) is 22.3 Å². The second kappa shape index (κ2) is 8.71. The van der Waals surface area contributed by atoms with Gasteiger partial charge in [0.25, 0.3) is 0 Å². The highest BCUT2D eigenvalue weighted by molar-refractivity contribution is 6.00. The Hall–Kier alpha value is -3.86. The monoisotopic (exact) mass is 445 g/mol. The third-order valence-electron chi connectivity index (χ3n) is 4.49. The summed E-state index contributed by atoms with van der Waals surface area (Å²) in [7, 11) is 1.41. The van der Waals surface area contributed by atoms with Gasteiger partial charge in [0.1, 0.15) is 23.2 Å². The Morgan fingerprint density at radius 3 is 2.53 bits per heavy atom. The number of aliphatic hydroxyl groups is 1. The van der Waals surface area contributed by atoms with E-state index in [2.05, 4.69) is 25.5 Å². The largest absolute Gasteiger partial charge is 0.496 e. The SMILES string of the molecule is COc1cc(F)ccc1-c1[nH]nc2nc(Oc3ccc(F)cc3F)nc(NCC(C)O)c12. The van der Waals surface area contributed by atoms with Gasteiger partial charge in [0.15, 0.2) is 17.2 Å². The van der Waals surface area contributed by atoms with Crippen molar-refractivity contribution in [2.24, 2.45) is 0 Å². The first kappa shape index (κ1) is 21.4. The number of halogens is 3. The van der Waals surface area contributed by atoms with Crippen LogP contribution in [0, 0.1) is 17.5 Å². The number of fused-ring (bicyclic) bond motifs is 1. The van der Waals surface area contributed by atoms with E-state index in [9.17, 15) is 18.3 Å². The molecule has 0 radical (unpaired) electrons. The number of rotatable bonds is 7. The minimum atomic E-state index is -0.925.